The molecule has 0 saturated carbocycles. The molecule has 20 heavy (non-hydrogen) atoms. The van der Waals surface area contributed by atoms with E-state index in [0.717, 1.165) is 29.7 Å². The fourth-order valence-corrected chi connectivity index (χ4v) is 1.86. The highest BCUT2D eigenvalue weighted by molar-refractivity contribution is 5.91. The summed E-state index contributed by atoms with van der Waals surface area (Å²) in [6, 6.07) is 7.82. The normalized spacial score (nSPS) is 12.2. The van der Waals surface area contributed by atoms with Crippen LogP contribution >= 0.6 is 0 Å². The Bertz CT molecular complexity index is 464. The van der Waals surface area contributed by atoms with Crippen molar-refractivity contribution in [1.82, 2.24) is 0 Å². The summed E-state index contributed by atoms with van der Waals surface area (Å²) in [5, 5.41) is 0. The van der Waals surface area contributed by atoms with Gasteiger partial charge in [-0.15, -0.1) is 0 Å². The van der Waals surface area contributed by atoms with Crippen LogP contribution in [-0.4, -0.2) is 18.7 Å². The van der Waals surface area contributed by atoms with Crippen molar-refractivity contribution in [2.24, 2.45) is 0 Å². The van der Waals surface area contributed by atoms with Crippen LogP contribution in [0, 0.1) is 0 Å². The van der Waals surface area contributed by atoms with Gasteiger partial charge in [-0.05, 0) is 50.5 Å². The average molecular weight is 276 g/mol. The number of allylic oxidation sites excluding steroid dienone is 1. The lowest BCUT2D eigenvalue weighted by molar-refractivity contribution is -0.134. The van der Waals surface area contributed by atoms with Crippen LogP contribution in [0.4, 0.5) is 0 Å². The molecule has 110 valence electrons. The van der Waals surface area contributed by atoms with Crippen LogP contribution in [0.3, 0.4) is 0 Å². The molecule has 0 aromatic heterocycles. The largest absolute Gasteiger partial charge is 0.488 e. The quantitative estimate of drug-likeness (QED) is 0.596. The molecule has 0 atom stereocenters. The third-order valence-corrected chi connectivity index (χ3v) is 2.66. The number of methoxy groups -OCH3 is 1. The smallest absolute Gasteiger partial charge is 0.330 e. The van der Waals surface area contributed by atoms with E-state index in [1.807, 2.05) is 45.0 Å². The summed E-state index contributed by atoms with van der Waals surface area (Å²) in [5.41, 5.74) is 1.80. The molecular formula is C17H24O3. The lowest BCUT2D eigenvalue weighted by Gasteiger charge is -2.21. The van der Waals surface area contributed by atoms with Crippen molar-refractivity contribution in [3.8, 4) is 5.75 Å². The number of carbonyl (C=O) groups excluding carboxylic acids is 1. The summed E-state index contributed by atoms with van der Waals surface area (Å²) in [5.74, 6) is 0.513. The van der Waals surface area contributed by atoms with Crippen LogP contribution in [-0.2, 0) is 9.53 Å². The lowest BCUT2D eigenvalue weighted by Crippen LogP contribution is -2.22. The van der Waals surface area contributed by atoms with Crippen LogP contribution in [0.2, 0.25) is 0 Å². The zero-order chi connectivity index (χ0) is 15.2. The molecule has 0 amide bonds. The second kappa shape index (κ2) is 7.13. The minimum absolute atomic E-state index is 0.213. The van der Waals surface area contributed by atoms with E-state index in [1.165, 1.54) is 7.11 Å². The first kappa shape index (κ1) is 16.3. The molecule has 3 nitrogen and oxygen atoms in total. The number of hydrogen-bond donors (Lipinski definition) is 0. The number of esters is 1. The predicted octanol–water partition coefficient (Wildman–Crippen LogP) is 4.22. The number of benzene rings is 1. The van der Waals surface area contributed by atoms with Crippen molar-refractivity contribution >= 4 is 11.5 Å². The maximum Gasteiger partial charge on any atom is 0.330 e. The van der Waals surface area contributed by atoms with E-state index in [1.54, 1.807) is 6.08 Å². The standard InChI is InChI=1S/C17H24O3/c1-6-7-14(12-16(18)19-5)13-8-10-15(11-9-13)20-17(2,3)4/h8-12H,6-7H2,1-5H3. The minimum Gasteiger partial charge on any atom is -0.488 e. The molecule has 0 heterocycles. The Labute approximate surface area is 121 Å². The van der Waals surface area contributed by atoms with Gasteiger partial charge in [-0.3, -0.25) is 0 Å². The molecule has 0 aliphatic heterocycles. The Kier molecular flexibility index (Phi) is 5.81. The number of rotatable bonds is 5. The highest BCUT2D eigenvalue weighted by Crippen LogP contribution is 2.24. The van der Waals surface area contributed by atoms with E-state index in [-0.39, 0.29) is 11.6 Å². The van der Waals surface area contributed by atoms with Gasteiger partial charge >= 0.3 is 5.97 Å². The zero-order valence-electron chi connectivity index (χ0n) is 13.0. The molecule has 3 heteroatoms. The summed E-state index contributed by atoms with van der Waals surface area (Å²) < 4.78 is 10.5. The van der Waals surface area contributed by atoms with Crippen molar-refractivity contribution in [1.29, 1.82) is 0 Å². The summed E-state index contributed by atoms with van der Waals surface area (Å²) in [4.78, 5) is 11.4. The molecular weight excluding hydrogens is 252 g/mol. The van der Waals surface area contributed by atoms with Gasteiger partial charge in [0.05, 0.1) is 7.11 Å². The second-order valence-corrected chi connectivity index (χ2v) is 5.68. The van der Waals surface area contributed by atoms with Gasteiger partial charge in [0.15, 0.2) is 0 Å². The van der Waals surface area contributed by atoms with Gasteiger partial charge in [0, 0.05) is 6.08 Å². The summed E-state index contributed by atoms with van der Waals surface area (Å²) in [6.45, 7) is 8.13. The predicted molar refractivity (Wildman–Crippen MR) is 81.7 cm³/mol. The number of ether oxygens (including phenoxy) is 2. The Morgan fingerprint density at radius 2 is 1.80 bits per heavy atom. The zero-order valence-corrected chi connectivity index (χ0v) is 13.0. The van der Waals surface area contributed by atoms with Crippen molar-refractivity contribution in [3.63, 3.8) is 0 Å². The van der Waals surface area contributed by atoms with Gasteiger partial charge in [-0.2, -0.15) is 0 Å². The first-order valence-electron chi connectivity index (χ1n) is 6.93. The fourth-order valence-electron chi connectivity index (χ4n) is 1.86. The van der Waals surface area contributed by atoms with E-state index in [9.17, 15) is 4.79 Å². The Morgan fingerprint density at radius 3 is 2.25 bits per heavy atom. The van der Waals surface area contributed by atoms with Crippen molar-refractivity contribution in [3.05, 3.63) is 35.9 Å². The van der Waals surface area contributed by atoms with Gasteiger partial charge in [0.2, 0.25) is 0 Å². The van der Waals surface area contributed by atoms with E-state index in [0.29, 0.717) is 0 Å². The van der Waals surface area contributed by atoms with E-state index in [2.05, 4.69) is 6.92 Å². The summed E-state index contributed by atoms with van der Waals surface area (Å²) in [7, 11) is 1.39. The maximum atomic E-state index is 11.4. The van der Waals surface area contributed by atoms with Gasteiger partial charge < -0.3 is 9.47 Å². The van der Waals surface area contributed by atoms with Gasteiger partial charge in [-0.1, -0.05) is 25.5 Å². The third kappa shape index (κ3) is 5.47. The molecule has 0 fully saturated rings. The average Bonchev–Trinajstić information content (AvgIpc) is 2.37. The highest BCUT2D eigenvalue weighted by Gasteiger charge is 2.12. The molecule has 0 spiro atoms. The monoisotopic (exact) mass is 276 g/mol. The molecule has 0 aliphatic carbocycles. The van der Waals surface area contributed by atoms with Gasteiger partial charge in [0.25, 0.3) is 0 Å². The van der Waals surface area contributed by atoms with Crippen LogP contribution in [0.15, 0.2) is 30.3 Å². The van der Waals surface area contributed by atoms with E-state index >= 15 is 0 Å². The molecule has 1 aromatic carbocycles. The van der Waals surface area contributed by atoms with E-state index in [4.69, 9.17) is 9.47 Å². The molecule has 0 aliphatic rings. The first-order chi connectivity index (χ1) is 9.35. The molecule has 0 radical (unpaired) electrons. The highest BCUT2D eigenvalue weighted by atomic mass is 16.5. The Balaban J connectivity index is 2.94. The second-order valence-electron chi connectivity index (χ2n) is 5.68. The molecule has 1 aromatic rings. The lowest BCUT2D eigenvalue weighted by atomic mass is 10.0. The summed E-state index contributed by atoms with van der Waals surface area (Å²) in [6.07, 6.45) is 3.38. The minimum atomic E-state index is -0.316. The first-order valence-corrected chi connectivity index (χ1v) is 6.93. The Hall–Kier alpha value is -1.77. The molecule has 1 rings (SSSR count). The third-order valence-electron chi connectivity index (χ3n) is 2.66. The fraction of sp³-hybridized carbons (Fsp3) is 0.471. The molecule has 0 saturated heterocycles. The molecule has 0 N–H and O–H groups in total. The Morgan fingerprint density at radius 1 is 1.20 bits per heavy atom. The van der Waals surface area contributed by atoms with Crippen molar-refractivity contribution < 1.29 is 14.3 Å². The SMILES string of the molecule is CCCC(=CC(=O)OC)c1ccc(OC(C)(C)C)cc1. The van der Waals surface area contributed by atoms with Crippen LogP contribution in [0.5, 0.6) is 5.75 Å². The van der Waals surface area contributed by atoms with Crippen LogP contribution in [0.1, 0.15) is 46.1 Å². The van der Waals surface area contributed by atoms with Crippen molar-refractivity contribution in [2.45, 2.75) is 46.1 Å². The van der Waals surface area contributed by atoms with Crippen LogP contribution < -0.4 is 4.74 Å². The number of carbonyl (C=O) groups is 1. The maximum absolute atomic E-state index is 11.4. The van der Waals surface area contributed by atoms with Gasteiger partial charge in [0.1, 0.15) is 11.4 Å². The van der Waals surface area contributed by atoms with Crippen molar-refractivity contribution in [2.75, 3.05) is 7.11 Å². The van der Waals surface area contributed by atoms with E-state index < -0.39 is 0 Å². The van der Waals surface area contributed by atoms with Crippen LogP contribution in [0.25, 0.3) is 5.57 Å². The molecule has 0 unspecified atom stereocenters. The topological polar surface area (TPSA) is 35.5 Å². The number of hydrogen-bond acceptors (Lipinski definition) is 3. The summed E-state index contributed by atoms with van der Waals surface area (Å²) >= 11 is 0. The molecule has 0 bridgehead atoms. The van der Waals surface area contributed by atoms with Gasteiger partial charge in [-0.25, -0.2) is 4.79 Å².